The highest BCUT2D eigenvalue weighted by molar-refractivity contribution is 5.72. The monoisotopic (exact) mass is 445 g/mol. The van der Waals surface area contributed by atoms with E-state index in [2.05, 4.69) is 18.0 Å². The maximum atomic E-state index is 11.4. The number of aliphatic hydroxyl groups is 2. The van der Waals surface area contributed by atoms with Crippen molar-refractivity contribution in [2.24, 2.45) is 5.92 Å². The van der Waals surface area contributed by atoms with Crippen LogP contribution >= 0.6 is 0 Å². The van der Waals surface area contributed by atoms with Crippen LogP contribution in [0.4, 0.5) is 0 Å². The van der Waals surface area contributed by atoms with Crippen molar-refractivity contribution >= 4 is 5.97 Å². The molecular weight excluding hydrogens is 418 g/mol. The second-order valence-electron chi connectivity index (χ2n) is 9.67. The van der Waals surface area contributed by atoms with Crippen LogP contribution in [-0.2, 0) is 26.1 Å². The van der Waals surface area contributed by atoms with E-state index in [1.54, 1.807) is 6.07 Å². The number of phenols is 1. The average molecular weight is 445 g/mol. The number of phenolic OH excluding ortho intramolecular Hbond substituents is 1. The lowest BCUT2D eigenvalue weighted by Gasteiger charge is -2.57. The van der Waals surface area contributed by atoms with Gasteiger partial charge in [0.2, 0.25) is 0 Å². The number of likely N-dealkylation sites (tertiary alicyclic amines) is 1. The summed E-state index contributed by atoms with van der Waals surface area (Å²) in [5.74, 6) is -0.452. The molecular formula is C23H27NO8. The number of rotatable bonds is 3. The summed E-state index contributed by atoms with van der Waals surface area (Å²) in [5, 5.41) is 40.5. The van der Waals surface area contributed by atoms with E-state index >= 15 is 0 Å². The molecule has 2 aliphatic carbocycles. The third-order valence-corrected chi connectivity index (χ3v) is 8.12. The second-order valence-corrected chi connectivity index (χ2v) is 9.67. The zero-order chi connectivity index (χ0) is 22.4. The zero-order valence-corrected chi connectivity index (χ0v) is 17.6. The standard InChI is InChI=1S/C23H27NO8/c1-24-7-6-23-11-3-5-15(30-22-18(27)14(26)9-16(31-22)21(28)29)20(23)32-19-13(25)4-2-10(17(19)23)8-12(11)24/h2-5,11-12,14-16,18,20,22,25-27H,6-9H2,1H3,(H,28,29)/t11-,12+,14-,15-,16-,18-,20-,22+,23-/m0/s1. The Morgan fingerprint density at radius 3 is 2.88 bits per heavy atom. The maximum Gasteiger partial charge on any atom is 0.333 e. The Morgan fingerprint density at radius 2 is 2.09 bits per heavy atom. The van der Waals surface area contributed by atoms with Gasteiger partial charge in [0.1, 0.15) is 18.3 Å². The molecule has 3 heterocycles. The van der Waals surface area contributed by atoms with Gasteiger partial charge in [0.15, 0.2) is 23.9 Å². The van der Waals surface area contributed by atoms with Crippen molar-refractivity contribution in [1.82, 2.24) is 4.90 Å². The SMILES string of the molecule is CN1CC[C@]23c4c5ccc(O)c4O[C@H]2[C@@H](O[C@@H]2O[C@H](C(=O)O)C[C@H](O)[C@@H]2O)C=C[C@H]3[C@H]1C5. The first kappa shape index (κ1) is 20.4. The predicted molar refractivity (Wildman–Crippen MR) is 109 cm³/mol. The van der Waals surface area contributed by atoms with E-state index in [4.69, 9.17) is 14.2 Å². The molecule has 9 atom stereocenters. The number of carboxylic acids is 1. The number of piperidine rings is 1. The number of hydrogen-bond donors (Lipinski definition) is 4. The van der Waals surface area contributed by atoms with Gasteiger partial charge in [0.25, 0.3) is 0 Å². The fraction of sp³-hybridized carbons (Fsp3) is 0.609. The number of carbonyl (C=O) groups is 1. The number of likely N-dealkylation sites (N-methyl/N-ethyl adjacent to an activating group) is 1. The van der Waals surface area contributed by atoms with Crippen molar-refractivity contribution in [3.05, 3.63) is 35.4 Å². The molecule has 2 saturated heterocycles. The van der Waals surface area contributed by atoms with Gasteiger partial charge in [-0.1, -0.05) is 18.2 Å². The van der Waals surface area contributed by atoms with E-state index in [-0.39, 0.29) is 23.5 Å². The Kier molecular flexibility index (Phi) is 4.42. The molecule has 1 aromatic rings. The van der Waals surface area contributed by atoms with Gasteiger partial charge in [-0.25, -0.2) is 4.79 Å². The summed E-state index contributed by atoms with van der Waals surface area (Å²) in [6, 6.07) is 3.94. The predicted octanol–water partition coefficient (Wildman–Crippen LogP) is 0.144. The summed E-state index contributed by atoms with van der Waals surface area (Å²) in [4.78, 5) is 13.8. The number of aliphatic hydroxyl groups excluding tert-OH is 2. The quantitative estimate of drug-likeness (QED) is 0.480. The number of hydrogen-bond acceptors (Lipinski definition) is 8. The summed E-state index contributed by atoms with van der Waals surface area (Å²) in [7, 11) is 2.13. The zero-order valence-electron chi connectivity index (χ0n) is 17.6. The van der Waals surface area contributed by atoms with Gasteiger partial charge in [0, 0.05) is 29.4 Å². The van der Waals surface area contributed by atoms with Crippen LogP contribution in [0.15, 0.2) is 24.3 Å². The van der Waals surface area contributed by atoms with E-state index in [0.29, 0.717) is 11.8 Å². The lowest BCUT2D eigenvalue weighted by Crippen LogP contribution is -2.65. The molecule has 4 N–H and O–H groups in total. The van der Waals surface area contributed by atoms with Gasteiger partial charge >= 0.3 is 5.97 Å². The first-order valence-corrected chi connectivity index (χ1v) is 11.1. The molecule has 1 spiro atoms. The van der Waals surface area contributed by atoms with E-state index in [0.717, 1.165) is 30.5 Å². The number of aromatic hydroxyl groups is 1. The fourth-order valence-electron chi connectivity index (χ4n) is 6.60. The highest BCUT2D eigenvalue weighted by Gasteiger charge is 2.65. The van der Waals surface area contributed by atoms with Crippen LogP contribution in [0.3, 0.4) is 0 Å². The van der Waals surface area contributed by atoms with Crippen molar-refractivity contribution in [3.8, 4) is 11.5 Å². The Labute approximate surface area is 184 Å². The highest BCUT2D eigenvalue weighted by Crippen LogP contribution is 2.62. The van der Waals surface area contributed by atoms with Crippen LogP contribution in [0.2, 0.25) is 0 Å². The second kappa shape index (κ2) is 6.91. The van der Waals surface area contributed by atoms with Crippen LogP contribution in [0.25, 0.3) is 0 Å². The molecule has 0 amide bonds. The van der Waals surface area contributed by atoms with Crippen molar-refractivity contribution in [3.63, 3.8) is 0 Å². The van der Waals surface area contributed by atoms with Crippen LogP contribution in [-0.4, -0.2) is 87.7 Å². The summed E-state index contributed by atoms with van der Waals surface area (Å²) in [5.41, 5.74) is 1.82. The van der Waals surface area contributed by atoms with Gasteiger partial charge in [-0.05, 0) is 38.1 Å². The van der Waals surface area contributed by atoms with E-state index in [9.17, 15) is 25.2 Å². The van der Waals surface area contributed by atoms with Gasteiger partial charge < -0.3 is 39.5 Å². The van der Waals surface area contributed by atoms with Crippen molar-refractivity contribution in [1.29, 1.82) is 0 Å². The van der Waals surface area contributed by atoms with Gasteiger partial charge in [0.05, 0.1) is 6.10 Å². The van der Waals surface area contributed by atoms with E-state index in [1.807, 2.05) is 12.1 Å². The molecule has 5 aliphatic rings. The molecule has 1 aromatic carbocycles. The summed E-state index contributed by atoms with van der Waals surface area (Å²) < 4.78 is 18.0. The fourth-order valence-corrected chi connectivity index (χ4v) is 6.60. The van der Waals surface area contributed by atoms with Crippen LogP contribution < -0.4 is 4.74 Å². The minimum Gasteiger partial charge on any atom is -0.504 e. The molecule has 0 radical (unpaired) electrons. The molecule has 0 unspecified atom stereocenters. The lowest BCUT2D eigenvalue weighted by atomic mass is 9.53. The molecule has 0 saturated carbocycles. The van der Waals surface area contributed by atoms with Crippen LogP contribution in [0.1, 0.15) is 24.0 Å². The first-order chi connectivity index (χ1) is 15.3. The number of aliphatic carboxylic acids is 1. The molecule has 2 fully saturated rings. The minimum atomic E-state index is -1.38. The molecule has 6 rings (SSSR count). The Bertz CT molecular complexity index is 996. The summed E-state index contributed by atoms with van der Waals surface area (Å²) in [6.45, 7) is 0.873. The van der Waals surface area contributed by atoms with Crippen molar-refractivity contribution in [2.75, 3.05) is 13.6 Å². The molecule has 172 valence electrons. The lowest BCUT2D eigenvalue weighted by molar-refractivity contribution is -0.283. The molecule has 32 heavy (non-hydrogen) atoms. The Morgan fingerprint density at radius 1 is 1.28 bits per heavy atom. The molecule has 9 nitrogen and oxygen atoms in total. The topological polar surface area (TPSA) is 129 Å². The third kappa shape index (κ3) is 2.60. The first-order valence-electron chi connectivity index (χ1n) is 11.1. The highest BCUT2D eigenvalue weighted by atomic mass is 16.7. The molecule has 3 aliphatic heterocycles. The van der Waals surface area contributed by atoms with Gasteiger partial charge in [-0.2, -0.15) is 0 Å². The average Bonchev–Trinajstić information content (AvgIpc) is 3.12. The maximum absolute atomic E-state index is 11.4. The number of benzene rings is 1. The number of ether oxygens (including phenoxy) is 3. The molecule has 0 aromatic heterocycles. The van der Waals surface area contributed by atoms with Gasteiger partial charge in [-0.15, -0.1) is 0 Å². The van der Waals surface area contributed by atoms with E-state index < -0.39 is 42.8 Å². The van der Waals surface area contributed by atoms with Crippen molar-refractivity contribution < 1.29 is 39.4 Å². The largest absolute Gasteiger partial charge is 0.504 e. The number of nitrogens with zero attached hydrogens (tertiary/aromatic N) is 1. The van der Waals surface area contributed by atoms with Crippen LogP contribution in [0, 0.1) is 5.92 Å². The minimum absolute atomic E-state index is 0.0951. The Hall–Kier alpha value is -2.17. The van der Waals surface area contributed by atoms with Crippen molar-refractivity contribution in [2.45, 2.75) is 67.5 Å². The van der Waals surface area contributed by atoms with Crippen LogP contribution in [0.5, 0.6) is 11.5 Å². The smallest absolute Gasteiger partial charge is 0.333 e. The molecule has 9 heteroatoms. The normalized spacial score (nSPS) is 44.1. The third-order valence-electron chi connectivity index (χ3n) is 8.12. The van der Waals surface area contributed by atoms with E-state index in [1.165, 1.54) is 0 Å². The Balaban J connectivity index is 1.39. The molecule has 2 bridgehead atoms. The number of carboxylic acid groups (broad SMARTS) is 1. The summed E-state index contributed by atoms with van der Waals surface area (Å²) >= 11 is 0. The van der Waals surface area contributed by atoms with Gasteiger partial charge in [-0.3, -0.25) is 0 Å². The summed E-state index contributed by atoms with van der Waals surface area (Å²) in [6.07, 6.45) is -0.836.